The lowest BCUT2D eigenvalue weighted by atomic mass is 9.79. The summed E-state index contributed by atoms with van der Waals surface area (Å²) in [5.41, 5.74) is 1.04. The quantitative estimate of drug-likeness (QED) is 0.447. The molecule has 2 aliphatic heterocycles. The molecule has 0 bridgehead atoms. The van der Waals surface area contributed by atoms with Gasteiger partial charge in [0.2, 0.25) is 5.91 Å². The third kappa shape index (κ3) is 5.63. The van der Waals surface area contributed by atoms with Crippen LogP contribution in [0.2, 0.25) is 0 Å². The Kier molecular flexibility index (Phi) is 8.15. The number of carbonyl (C=O) groups excluding carboxylic acids is 2. The fraction of sp³-hybridized carbons (Fsp3) is 0.429. The SMILES string of the molecule is [C-]#[N+]C1(c2ccccc2C#N)CCN(CCCNC(=O)N2C(=O)CCCC2c2ccc(F)c(F)c2)CC1. The van der Waals surface area contributed by atoms with Gasteiger partial charge < -0.3 is 15.1 Å². The molecule has 2 aromatic rings. The Balaban J connectivity index is 1.29. The molecule has 1 N–H and O–H groups in total. The van der Waals surface area contributed by atoms with E-state index in [0.717, 1.165) is 29.1 Å². The summed E-state index contributed by atoms with van der Waals surface area (Å²) in [7, 11) is 0. The van der Waals surface area contributed by atoms with E-state index in [1.165, 1.54) is 6.07 Å². The number of hydrogen-bond acceptors (Lipinski definition) is 4. The zero-order valence-corrected chi connectivity index (χ0v) is 20.6. The van der Waals surface area contributed by atoms with Crippen LogP contribution < -0.4 is 5.32 Å². The highest BCUT2D eigenvalue weighted by Gasteiger charge is 2.43. The molecule has 0 spiro atoms. The number of hydrogen-bond donors (Lipinski definition) is 1. The number of likely N-dealkylation sites (tertiary alicyclic amines) is 2. The number of nitrogens with zero attached hydrogens (tertiary/aromatic N) is 4. The molecule has 2 fully saturated rings. The minimum atomic E-state index is -1.00. The smallest absolute Gasteiger partial charge is 0.324 e. The zero-order valence-electron chi connectivity index (χ0n) is 20.6. The van der Waals surface area contributed by atoms with Crippen LogP contribution in [0.4, 0.5) is 13.6 Å². The topological polar surface area (TPSA) is 80.8 Å². The van der Waals surface area contributed by atoms with Crippen molar-refractivity contribution in [3.63, 3.8) is 0 Å². The molecule has 2 heterocycles. The number of nitriles is 1. The van der Waals surface area contributed by atoms with Crippen LogP contribution in [0.25, 0.3) is 4.85 Å². The molecule has 2 aromatic carbocycles. The van der Waals surface area contributed by atoms with Gasteiger partial charge in [-0.05, 0) is 55.6 Å². The first kappa shape index (κ1) is 26.2. The van der Waals surface area contributed by atoms with Crippen LogP contribution >= 0.6 is 0 Å². The van der Waals surface area contributed by atoms with Crippen LogP contribution in [0.15, 0.2) is 42.5 Å². The third-order valence-electron chi connectivity index (χ3n) is 7.37. The van der Waals surface area contributed by atoms with Crippen molar-refractivity contribution in [3.05, 3.63) is 82.2 Å². The van der Waals surface area contributed by atoms with Crippen molar-refractivity contribution in [1.29, 1.82) is 5.26 Å². The van der Waals surface area contributed by atoms with E-state index in [9.17, 15) is 23.6 Å². The first-order valence-corrected chi connectivity index (χ1v) is 12.5. The van der Waals surface area contributed by atoms with Crippen LogP contribution in [0, 0.1) is 29.5 Å². The Morgan fingerprint density at radius 2 is 1.95 bits per heavy atom. The molecule has 3 amide bonds. The third-order valence-corrected chi connectivity index (χ3v) is 7.37. The minimum Gasteiger partial charge on any atom is -0.338 e. The second-order valence-corrected chi connectivity index (χ2v) is 9.57. The molecule has 9 heteroatoms. The van der Waals surface area contributed by atoms with Gasteiger partial charge in [0.1, 0.15) is 0 Å². The molecule has 0 aromatic heterocycles. The van der Waals surface area contributed by atoms with E-state index in [0.29, 0.717) is 62.9 Å². The first-order chi connectivity index (χ1) is 17.9. The highest BCUT2D eigenvalue weighted by molar-refractivity contribution is 5.95. The second-order valence-electron chi connectivity index (χ2n) is 9.57. The van der Waals surface area contributed by atoms with E-state index in [1.54, 1.807) is 12.1 Å². The lowest BCUT2D eigenvalue weighted by Crippen LogP contribution is -2.48. The van der Waals surface area contributed by atoms with Crippen molar-refractivity contribution in [2.75, 3.05) is 26.2 Å². The van der Waals surface area contributed by atoms with Crippen molar-refractivity contribution in [2.45, 2.75) is 50.1 Å². The summed E-state index contributed by atoms with van der Waals surface area (Å²) in [5, 5.41) is 12.3. The number of urea groups is 1. The van der Waals surface area contributed by atoms with Gasteiger partial charge in [0.05, 0.1) is 23.2 Å². The Bertz CT molecular complexity index is 1240. The molecule has 2 aliphatic rings. The number of carbonyl (C=O) groups is 2. The molecule has 2 saturated heterocycles. The van der Waals surface area contributed by atoms with E-state index in [1.807, 2.05) is 12.1 Å². The Labute approximate surface area is 215 Å². The molecule has 0 radical (unpaired) electrons. The lowest BCUT2D eigenvalue weighted by molar-refractivity contribution is -0.132. The predicted octanol–water partition coefficient (Wildman–Crippen LogP) is 4.90. The number of piperidine rings is 2. The van der Waals surface area contributed by atoms with E-state index in [4.69, 9.17) is 6.57 Å². The highest BCUT2D eigenvalue weighted by Crippen LogP contribution is 2.38. The summed E-state index contributed by atoms with van der Waals surface area (Å²) >= 11 is 0. The van der Waals surface area contributed by atoms with Gasteiger partial charge in [-0.2, -0.15) is 5.26 Å². The van der Waals surface area contributed by atoms with Crippen LogP contribution in [0.3, 0.4) is 0 Å². The average Bonchev–Trinajstić information content (AvgIpc) is 2.92. The summed E-state index contributed by atoms with van der Waals surface area (Å²) in [6, 6.07) is 11.8. The standard InChI is InChI=1S/C28H29F2N5O2/c1-32-28(22-7-3-2-6-21(22)19-31)12-16-34(17-13-28)15-5-14-33-27(37)35-25(8-4-9-26(35)36)20-10-11-23(29)24(30)18-20/h2-3,6-7,10-11,18,25H,4-5,8-9,12-17H2,(H,33,37). The molecule has 1 atom stereocenters. The van der Waals surface area contributed by atoms with Crippen molar-refractivity contribution in [1.82, 2.24) is 15.1 Å². The van der Waals surface area contributed by atoms with Gasteiger partial charge in [0.15, 0.2) is 11.6 Å². The van der Waals surface area contributed by atoms with Gasteiger partial charge in [-0.1, -0.05) is 18.2 Å². The number of imide groups is 1. The average molecular weight is 506 g/mol. The molecular formula is C28H29F2N5O2. The molecule has 1 unspecified atom stereocenters. The number of halogens is 2. The summed E-state index contributed by atoms with van der Waals surface area (Å²) in [4.78, 5) is 32.8. The first-order valence-electron chi connectivity index (χ1n) is 12.5. The van der Waals surface area contributed by atoms with Gasteiger partial charge in [-0.25, -0.2) is 20.1 Å². The van der Waals surface area contributed by atoms with Gasteiger partial charge in [-0.3, -0.25) is 9.69 Å². The van der Waals surface area contributed by atoms with Gasteiger partial charge >= 0.3 is 6.03 Å². The monoisotopic (exact) mass is 505 g/mol. The maximum absolute atomic E-state index is 13.8. The summed E-state index contributed by atoms with van der Waals surface area (Å²) in [6.45, 7) is 10.3. The zero-order chi connectivity index (χ0) is 26.4. The van der Waals surface area contributed by atoms with Crippen molar-refractivity contribution >= 4 is 11.9 Å². The van der Waals surface area contributed by atoms with Gasteiger partial charge in [-0.15, -0.1) is 0 Å². The summed E-state index contributed by atoms with van der Waals surface area (Å²) in [6.07, 6.45) is 3.21. The Morgan fingerprint density at radius 3 is 2.65 bits per heavy atom. The molecular weight excluding hydrogens is 476 g/mol. The van der Waals surface area contributed by atoms with Crippen LogP contribution in [-0.4, -0.2) is 47.9 Å². The maximum Gasteiger partial charge on any atom is 0.324 e. The fourth-order valence-corrected chi connectivity index (χ4v) is 5.32. The second kappa shape index (κ2) is 11.5. The molecule has 0 aliphatic carbocycles. The predicted molar refractivity (Wildman–Crippen MR) is 133 cm³/mol. The van der Waals surface area contributed by atoms with Crippen LogP contribution in [0.1, 0.15) is 61.3 Å². The normalized spacial score (nSPS) is 19.6. The van der Waals surface area contributed by atoms with Crippen molar-refractivity contribution < 1.29 is 18.4 Å². The van der Waals surface area contributed by atoms with Crippen LogP contribution in [-0.2, 0) is 10.3 Å². The van der Waals surface area contributed by atoms with Crippen LogP contribution in [0.5, 0.6) is 0 Å². The molecule has 7 nitrogen and oxygen atoms in total. The molecule has 4 rings (SSSR count). The number of benzene rings is 2. The molecule has 0 saturated carbocycles. The van der Waals surface area contributed by atoms with E-state index >= 15 is 0 Å². The van der Waals surface area contributed by atoms with Crippen molar-refractivity contribution in [3.8, 4) is 6.07 Å². The number of amides is 3. The minimum absolute atomic E-state index is 0.235. The fourth-order valence-electron chi connectivity index (χ4n) is 5.32. The van der Waals surface area contributed by atoms with E-state index in [-0.39, 0.29) is 12.3 Å². The summed E-state index contributed by atoms with van der Waals surface area (Å²) in [5.74, 6) is -2.30. The van der Waals surface area contributed by atoms with Gasteiger partial charge in [0, 0.05) is 38.9 Å². The molecule has 192 valence electrons. The van der Waals surface area contributed by atoms with E-state index in [2.05, 4.69) is 21.1 Å². The Morgan fingerprint density at radius 1 is 1.19 bits per heavy atom. The molecule has 37 heavy (non-hydrogen) atoms. The van der Waals surface area contributed by atoms with Gasteiger partial charge in [0.25, 0.3) is 5.54 Å². The maximum atomic E-state index is 13.8. The lowest BCUT2D eigenvalue weighted by Gasteiger charge is -2.35. The Hall–Kier alpha value is -3.82. The van der Waals surface area contributed by atoms with Crippen molar-refractivity contribution in [2.24, 2.45) is 0 Å². The van der Waals surface area contributed by atoms with E-state index < -0.39 is 29.2 Å². The largest absolute Gasteiger partial charge is 0.338 e. The number of nitrogens with one attached hydrogen (secondary N) is 1. The summed E-state index contributed by atoms with van der Waals surface area (Å²) < 4.78 is 27.2. The highest BCUT2D eigenvalue weighted by atomic mass is 19.2. The number of rotatable bonds is 6.